The van der Waals surface area contributed by atoms with Crippen molar-refractivity contribution in [3.05, 3.63) is 18.7 Å². The Bertz CT molecular complexity index is 562. The van der Waals surface area contributed by atoms with Crippen LogP contribution in [0.3, 0.4) is 0 Å². The van der Waals surface area contributed by atoms with Crippen LogP contribution in [-0.2, 0) is 0 Å². The summed E-state index contributed by atoms with van der Waals surface area (Å²) in [7, 11) is -1.49. The quantitative estimate of drug-likeness (QED) is 0.764. The third-order valence-electron chi connectivity index (χ3n) is 4.35. The van der Waals surface area contributed by atoms with Crippen LogP contribution in [0.5, 0.6) is 0 Å². The monoisotopic (exact) mass is 289 g/mol. The lowest BCUT2D eigenvalue weighted by atomic mass is 10.5. The Kier molecular flexibility index (Phi) is 4.64. The highest BCUT2D eigenvalue weighted by Crippen LogP contribution is 2.29. The molecule has 0 amide bonds. The molecule has 2 aromatic heterocycles. The van der Waals surface area contributed by atoms with Gasteiger partial charge in [0.1, 0.15) is 17.7 Å². The maximum atomic E-state index is 4.70. The van der Waals surface area contributed by atoms with Gasteiger partial charge in [-0.05, 0) is 25.1 Å². The zero-order chi connectivity index (χ0) is 14.6. The maximum absolute atomic E-state index is 4.70. The fraction of sp³-hybridized carbons (Fsp3) is 0.571. The van der Waals surface area contributed by atoms with Crippen LogP contribution in [0, 0.1) is 0 Å². The fourth-order valence-corrected chi connectivity index (χ4v) is 6.86. The van der Waals surface area contributed by atoms with Gasteiger partial charge >= 0.3 is 0 Å². The van der Waals surface area contributed by atoms with E-state index >= 15 is 0 Å². The zero-order valence-corrected chi connectivity index (χ0v) is 13.8. The van der Waals surface area contributed by atoms with E-state index in [9.17, 15) is 0 Å². The molecule has 0 saturated heterocycles. The summed E-state index contributed by atoms with van der Waals surface area (Å²) in [6.07, 6.45) is 5.11. The zero-order valence-electron chi connectivity index (χ0n) is 12.8. The Hall–Kier alpha value is -1.56. The Morgan fingerprint density at radius 1 is 1.00 bits per heavy atom. The number of hydrogen-bond acceptors (Lipinski definition) is 5. The molecule has 2 heterocycles. The summed E-state index contributed by atoms with van der Waals surface area (Å²) < 4.78 is 2.50. The molecule has 0 saturated carbocycles. The molecule has 0 aromatic carbocycles. The van der Waals surface area contributed by atoms with Gasteiger partial charge in [0.15, 0.2) is 13.9 Å². The van der Waals surface area contributed by atoms with Crippen molar-refractivity contribution in [1.82, 2.24) is 19.9 Å². The minimum atomic E-state index is -1.49. The summed E-state index contributed by atoms with van der Waals surface area (Å²) in [6.45, 7) is 10.1. The van der Waals surface area contributed by atoms with Crippen molar-refractivity contribution in [3.63, 3.8) is 0 Å². The average Bonchev–Trinajstić information content (AvgIpc) is 2.52. The molecule has 6 heteroatoms. The van der Waals surface area contributed by atoms with E-state index in [1.807, 2.05) is 6.20 Å². The van der Waals surface area contributed by atoms with E-state index in [1.165, 1.54) is 24.5 Å². The van der Waals surface area contributed by atoms with E-state index in [2.05, 4.69) is 47.2 Å². The first kappa shape index (κ1) is 14.8. The summed E-state index contributed by atoms with van der Waals surface area (Å²) in [5.74, 6) is 0.968. The summed E-state index contributed by atoms with van der Waals surface area (Å²) in [6, 6.07) is 3.70. The summed E-state index contributed by atoms with van der Waals surface area (Å²) in [5, 5.41) is 0. The van der Waals surface area contributed by atoms with E-state index < -0.39 is 8.24 Å². The lowest BCUT2D eigenvalue weighted by Crippen LogP contribution is -2.52. The molecule has 0 bridgehead atoms. The summed E-state index contributed by atoms with van der Waals surface area (Å²) >= 11 is 0. The molecule has 0 N–H and O–H groups in total. The molecule has 2 aromatic rings. The first-order valence-electron chi connectivity index (χ1n) is 7.41. The normalized spacial score (nSPS) is 11.8. The van der Waals surface area contributed by atoms with Gasteiger partial charge < -0.3 is 4.57 Å². The second-order valence-corrected chi connectivity index (χ2v) is 10.1. The molecule has 20 heavy (non-hydrogen) atoms. The molecule has 0 aliphatic carbocycles. The SMILES string of the molecule is CCN(c1cnc2cncnc2n1)[Si](CC)(CC)CC. The number of nitrogens with zero attached hydrogens (tertiary/aromatic N) is 5. The van der Waals surface area contributed by atoms with Crippen molar-refractivity contribution >= 4 is 25.2 Å². The van der Waals surface area contributed by atoms with Crippen LogP contribution >= 0.6 is 0 Å². The van der Waals surface area contributed by atoms with Crippen LogP contribution in [0.15, 0.2) is 18.7 Å². The molecule has 2 rings (SSSR count). The van der Waals surface area contributed by atoms with Gasteiger partial charge in [-0.3, -0.25) is 0 Å². The number of hydrogen-bond donors (Lipinski definition) is 0. The van der Waals surface area contributed by atoms with Crippen molar-refractivity contribution < 1.29 is 0 Å². The van der Waals surface area contributed by atoms with Crippen molar-refractivity contribution in [1.29, 1.82) is 0 Å². The first-order chi connectivity index (χ1) is 9.70. The van der Waals surface area contributed by atoms with E-state index in [-0.39, 0.29) is 0 Å². The number of rotatable bonds is 6. The first-order valence-corrected chi connectivity index (χ1v) is 9.98. The summed E-state index contributed by atoms with van der Waals surface area (Å²) in [5.41, 5.74) is 1.44. The molecule has 108 valence electrons. The molecule has 5 nitrogen and oxygen atoms in total. The van der Waals surface area contributed by atoms with Crippen LogP contribution in [0.25, 0.3) is 11.2 Å². The van der Waals surface area contributed by atoms with Crippen LogP contribution in [-0.4, -0.2) is 34.7 Å². The highest BCUT2D eigenvalue weighted by Gasteiger charge is 2.35. The van der Waals surface area contributed by atoms with Gasteiger partial charge in [-0.25, -0.2) is 19.9 Å². The third-order valence-corrected chi connectivity index (χ3v) is 9.99. The van der Waals surface area contributed by atoms with Crippen LogP contribution < -0.4 is 4.57 Å². The Balaban J connectivity index is 2.48. The summed E-state index contributed by atoms with van der Waals surface area (Å²) in [4.78, 5) is 17.4. The van der Waals surface area contributed by atoms with Crippen LogP contribution in [0.4, 0.5) is 5.82 Å². The van der Waals surface area contributed by atoms with Gasteiger partial charge in [-0.2, -0.15) is 0 Å². The molecule has 0 spiro atoms. The van der Waals surface area contributed by atoms with E-state index in [0.717, 1.165) is 17.9 Å². The molecular weight excluding hydrogens is 266 g/mol. The predicted octanol–water partition coefficient (Wildman–Crippen LogP) is 3.25. The van der Waals surface area contributed by atoms with Crippen LogP contribution in [0.2, 0.25) is 18.1 Å². The lowest BCUT2D eigenvalue weighted by Gasteiger charge is -2.41. The minimum absolute atomic E-state index is 0.683. The lowest BCUT2D eigenvalue weighted by molar-refractivity contribution is 0.956. The van der Waals surface area contributed by atoms with Crippen LogP contribution in [0.1, 0.15) is 27.7 Å². The highest BCUT2D eigenvalue weighted by molar-refractivity contribution is 6.83. The number of anilines is 1. The van der Waals surface area contributed by atoms with Gasteiger partial charge in [0, 0.05) is 6.54 Å². The molecule has 0 unspecified atom stereocenters. The van der Waals surface area contributed by atoms with Gasteiger partial charge in [0.05, 0.1) is 12.4 Å². The van der Waals surface area contributed by atoms with E-state index in [1.54, 1.807) is 6.20 Å². The van der Waals surface area contributed by atoms with Gasteiger partial charge in [0.2, 0.25) is 0 Å². The molecular formula is C14H23N5Si. The standard InChI is InChI=1S/C14H23N5Si/c1-5-19(20(6-2,7-3)8-4)13-10-16-12-9-15-11-17-14(12)18-13/h9-11H,5-8H2,1-4H3. The molecule has 0 aliphatic heterocycles. The van der Waals surface area contributed by atoms with Crippen molar-refractivity contribution in [2.24, 2.45) is 0 Å². The second kappa shape index (κ2) is 6.26. The molecule has 0 aliphatic rings. The topological polar surface area (TPSA) is 54.8 Å². The van der Waals surface area contributed by atoms with Gasteiger partial charge in [0.25, 0.3) is 0 Å². The maximum Gasteiger partial charge on any atom is 0.183 e. The van der Waals surface area contributed by atoms with Gasteiger partial charge in [-0.15, -0.1) is 0 Å². The van der Waals surface area contributed by atoms with Crippen molar-refractivity contribution in [2.75, 3.05) is 11.1 Å². The molecule has 0 atom stereocenters. The number of fused-ring (bicyclic) bond motifs is 1. The van der Waals surface area contributed by atoms with Gasteiger partial charge in [-0.1, -0.05) is 20.8 Å². The Morgan fingerprint density at radius 2 is 1.70 bits per heavy atom. The fourth-order valence-electron chi connectivity index (χ4n) is 2.95. The smallest absolute Gasteiger partial charge is 0.183 e. The van der Waals surface area contributed by atoms with E-state index in [4.69, 9.17) is 4.98 Å². The number of aromatic nitrogens is 4. The van der Waals surface area contributed by atoms with Crippen molar-refractivity contribution in [2.45, 2.75) is 45.8 Å². The highest BCUT2D eigenvalue weighted by atomic mass is 28.3. The largest absolute Gasteiger partial charge is 0.382 e. The Labute approximate surface area is 121 Å². The average molecular weight is 289 g/mol. The Morgan fingerprint density at radius 3 is 2.30 bits per heavy atom. The molecule has 0 fully saturated rings. The minimum Gasteiger partial charge on any atom is -0.382 e. The van der Waals surface area contributed by atoms with E-state index in [0.29, 0.717) is 5.65 Å². The molecule has 0 radical (unpaired) electrons. The predicted molar refractivity (Wildman–Crippen MR) is 85.3 cm³/mol. The second-order valence-electron chi connectivity index (χ2n) is 4.99. The third kappa shape index (κ3) is 2.52. The van der Waals surface area contributed by atoms with Crippen molar-refractivity contribution in [3.8, 4) is 0 Å².